The average molecular weight is 552 g/mol. The molecule has 2 atom stereocenters. The lowest BCUT2D eigenvalue weighted by atomic mass is 10.1. The molecule has 5 rings (SSSR count). The summed E-state index contributed by atoms with van der Waals surface area (Å²) in [5, 5.41) is 9.22. The third-order valence-corrected chi connectivity index (χ3v) is 6.54. The molecule has 0 bridgehead atoms. The lowest BCUT2D eigenvalue weighted by molar-refractivity contribution is -0.137. The first-order valence-electron chi connectivity index (χ1n) is 12.6. The molecular weight excluding hydrogens is 523 g/mol. The van der Waals surface area contributed by atoms with E-state index in [1.165, 1.54) is 18.5 Å². The number of benzene rings is 2. The number of nitrogen functional groups attached to an aromatic ring is 1. The van der Waals surface area contributed by atoms with Crippen LogP contribution in [-0.4, -0.2) is 51.0 Å². The highest BCUT2D eigenvalue weighted by Crippen LogP contribution is 2.31. The Balaban J connectivity index is 1.44. The number of halogens is 3. The maximum absolute atomic E-state index is 13.1. The molecule has 3 heterocycles. The number of nitrogens with zero attached hydrogens (tertiary/aromatic N) is 5. The van der Waals surface area contributed by atoms with Crippen LogP contribution in [-0.2, 0) is 6.18 Å². The van der Waals surface area contributed by atoms with E-state index in [9.17, 15) is 18.0 Å². The summed E-state index contributed by atoms with van der Waals surface area (Å²) in [4.78, 5) is 32.8. The molecule has 4 aromatic rings. The van der Waals surface area contributed by atoms with Crippen LogP contribution in [0, 0.1) is 6.92 Å². The van der Waals surface area contributed by atoms with E-state index in [1.54, 1.807) is 18.2 Å². The van der Waals surface area contributed by atoms with E-state index < -0.39 is 17.6 Å². The standard InChI is InChI=1S/C27H28F3N9O/c1-14-7-8-17(25(40)35-19-6-4-5-18(10-19)27(28,29)30)9-20(14)36-24-22-21(32-13-33-24)23(31)38-26(37-22)39-11-15(2)34-16(3)12-39/h4-10,13,15-16,34H,11-12H2,1-3H3,(H,35,40)(H2,31,37,38)(H,32,33,36). The van der Waals surface area contributed by atoms with Crippen molar-refractivity contribution in [3.8, 4) is 0 Å². The Morgan fingerprint density at radius 1 is 1.05 bits per heavy atom. The minimum atomic E-state index is -4.52. The van der Waals surface area contributed by atoms with Gasteiger partial charge in [-0.3, -0.25) is 4.79 Å². The smallest absolute Gasteiger partial charge is 0.382 e. The molecule has 0 radical (unpaired) electrons. The first-order valence-corrected chi connectivity index (χ1v) is 12.6. The van der Waals surface area contributed by atoms with Crippen molar-refractivity contribution in [2.24, 2.45) is 0 Å². The number of hydrogen-bond acceptors (Lipinski definition) is 9. The van der Waals surface area contributed by atoms with Crippen molar-refractivity contribution in [2.45, 2.75) is 39.0 Å². The Morgan fingerprint density at radius 2 is 1.80 bits per heavy atom. The van der Waals surface area contributed by atoms with E-state index in [2.05, 4.69) is 49.6 Å². The number of aromatic nitrogens is 4. The number of aryl methyl sites for hydroxylation is 1. The van der Waals surface area contributed by atoms with E-state index >= 15 is 0 Å². The maximum atomic E-state index is 13.1. The van der Waals surface area contributed by atoms with E-state index in [1.807, 2.05) is 6.92 Å². The minimum absolute atomic E-state index is 0.0351. The van der Waals surface area contributed by atoms with Crippen LogP contribution < -0.4 is 26.6 Å². The van der Waals surface area contributed by atoms with E-state index in [0.29, 0.717) is 41.6 Å². The minimum Gasteiger partial charge on any atom is -0.382 e. The molecule has 1 aliphatic rings. The fraction of sp³-hybridized carbons (Fsp3) is 0.296. The SMILES string of the molecule is Cc1ccc(C(=O)Nc2cccc(C(F)(F)F)c2)cc1Nc1ncnc2c(N)nc(N3CC(C)NC(C)C3)nc12. The second-order valence-corrected chi connectivity index (χ2v) is 9.89. The summed E-state index contributed by atoms with van der Waals surface area (Å²) >= 11 is 0. The number of nitrogens with two attached hydrogens (primary N) is 1. The fourth-order valence-electron chi connectivity index (χ4n) is 4.68. The molecule has 0 saturated carbocycles. The number of anilines is 5. The summed E-state index contributed by atoms with van der Waals surface area (Å²) in [5.41, 5.74) is 7.85. The van der Waals surface area contributed by atoms with Gasteiger partial charge in [-0.1, -0.05) is 12.1 Å². The summed E-state index contributed by atoms with van der Waals surface area (Å²) in [6.45, 7) is 7.42. The van der Waals surface area contributed by atoms with Gasteiger partial charge in [-0.2, -0.15) is 18.2 Å². The monoisotopic (exact) mass is 551 g/mol. The zero-order valence-electron chi connectivity index (χ0n) is 22.0. The third-order valence-electron chi connectivity index (χ3n) is 6.54. The molecule has 0 aliphatic carbocycles. The Labute approximate surface area is 228 Å². The summed E-state index contributed by atoms with van der Waals surface area (Å²) in [7, 11) is 0. The number of alkyl halides is 3. The molecule has 40 heavy (non-hydrogen) atoms. The summed E-state index contributed by atoms with van der Waals surface area (Å²) in [5.74, 6) is 0.491. The van der Waals surface area contributed by atoms with Gasteiger partial charge in [-0.05, 0) is 56.7 Å². The Kier molecular flexibility index (Phi) is 7.15. The first kappa shape index (κ1) is 27.1. The fourth-order valence-corrected chi connectivity index (χ4v) is 4.68. The van der Waals surface area contributed by atoms with E-state index in [-0.39, 0.29) is 29.2 Å². The van der Waals surface area contributed by atoms with Crippen LogP contribution in [0.2, 0.25) is 0 Å². The molecule has 0 spiro atoms. The largest absolute Gasteiger partial charge is 0.416 e. The zero-order chi connectivity index (χ0) is 28.6. The van der Waals surface area contributed by atoms with Gasteiger partial charge in [0.25, 0.3) is 5.91 Å². The van der Waals surface area contributed by atoms with Gasteiger partial charge in [-0.25, -0.2) is 15.0 Å². The normalized spacial score (nSPS) is 17.6. The van der Waals surface area contributed by atoms with Crippen molar-refractivity contribution in [3.05, 3.63) is 65.5 Å². The number of carbonyl (C=O) groups is 1. The molecule has 2 unspecified atom stereocenters. The highest BCUT2D eigenvalue weighted by atomic mass is 19.4. The first-order chi connectivity index (χ1) is 19.0. The predicted molar refractivity (Wildman–Crippen MR) is 148 cm³/mol. The van der Waals surface area contributed by atoms with Crippen molar-refractivity contribution < 1.29 is 18.0 Å². The molecule has 13 heteroatoms. The molecular formula is C27H28F3N9O. The predicted octanol–water partition coefficient (Wildman–Crippen LogP) is 4.51. The summed E-state index contributed by atoms with van der Waals surface area (Å²) in [6, 6.07) is 9.86. The van der Waals surface area contributed by atoms with Gasteiger partial charge in [0.1, 0.15) is 17.4 Å². The maximum Gasteiger partial charge on any atom is 0.416 e. The molecule has 1 fully saturated rings. The van der Waals surface area contributed by atoms with Crippen molar-refractivity contribution >= 4 is 45.9 Å². The van der Waals surface area contributed by atoms with Crippen molar-refractivity contribution in [1.82, 2.24) is 25.3 Å². The highest BCUT2D eigenvalue weighted by Gasteiger charge is 2.30. The Hall–Kier alpha value is -4.52. The van der Waals surface area contributed by atoms with Crippen LogP contribution in [0.1, 0.15) is 35.3 Å². The molecule has 1 amide bonds. The number of nitrogens with one attached hydrogen (secondary N) is 3. The molecule has 5 N–H and O–H groups in total. The van der Waals surface area contributed by atoms with Gasteiger partial charge in [0.2, 0.25) is 5.95 Å². The Bertz CT molecular complexity index is 1570. The van der Waals surface area contributed by atoms with Crippen LogP contribution in [0.4, 0.5) is 42.1 Å². The highest BCUT2D eigenvalue weighted by molar-refractivity contribution is 6.05. The second-order valence-electron chi connectivity index (χ2n) is 9.89. The molecule has 208 valence electrons. The van der Waals surface area contributed by atoms with Gasteiger partial charge in [0.15, 0.2) is 11.6 Å². The number of piperazine rings is 1. The number of fused-ring (bicyclic) bond motifs is 1. The zero-order valence-corrected chi connectivity index (χ0v) is 22.0. The quantitative estimate of drug-likeness (QED) is 0.283. The van der Waals surface area contributed by atoms with Crippen LogP contribution in [0.3, 0.4) is 0 Å². The van der Waals surface area contributed by atoms with Gasteiger partial charge >= 0.3 is 6.18 Å². The second kappa shape index (κ2) is 10.6. The van der Waals surface area contributed by atoms with Gasteiger partial charge in [-0.15, -0.1) is 0 Å². The van der Waals surface area contributed by atoms with E-state index in [4.69, 9.17) is 10.7 Å². The van der Waals surface area contributed by atoms with Crippen molar-refractivity contribution in [1.29, 1.82) is 0 Å². The molecule has 1 aliphatic heterocycles. The van der Waals surface area contributed by atoms with Crippen LogP contribution in [0.5, 0.6) is 0 Å². The van der Waals surface area contributed by atoms with E-state index in [0.717, 1.165) is 17.7 Å². The van der Waals surface area contributed by atoms with Gasteiger partial charge < -0.3 is 26.6 Å². The Morgan fingerprint density at radius 3 is 2.52 bits per heavy atom. The van der Waals surface area contributed by atoms with Crippen molar-refractivity contribution in [3.63, 3.8) is 0 Å². The van der Waals surface area contributed by atoms with Crippen LogP contribution in [0.15, 0.2) is 48.8 Å². The average Bonchev–Trinajstić information content (AvgIpc) is 2.89. The van der Waals surface area contributed by atoms with Crippen molar-refractivity contribution in [2.75, 3.05) is 34.4 Å². The third kappa shape index (κ3) is 5.73. The van der Waals surface area contributed by atoms with Crippen LogP contribution >= 0.6 is 0 Å². The summed E-state index contributed by atoms with van der Waals surface area (Å²) in [6.07, 6.45) is -3.17. The molecule has 1 saturated heterocycles. The van der Waals surface area contributed by atoms with Crippen LogP contribution in [0.25, 0.3) is 11.0 Å². The number of amides is 1. The van der Waals surface area contributed by atoms with Gasteiger partial charge in [0.05, 0.1) is 5.56 Å². The number of hydrogen-bond donors (Lipinski definition) is 4. The lowest BCUT2D eigenvalue weighted by Gasteiger charge is -2.36. The lowest BCUT2D eigenvalue weighted by Crippen LogP contribution is -2.54. The molecule has 2 aromatic carbocycles. The topological polar surface area (TPSA) is 134 Å². The van der Waals surface area contributed by atoms with Gasteiger partial charge in [0, 0.05) is 42.1 Å². The number of rotatable bonds is 5. The molecule has 10 nitrogen and oxygen atoms in total. The summed E-state index contributed by atoms with van der Waals surface area (Å²) < 4.78 is 39.2. The number of carbonyl (C=O) groups excluding carboxylic acids is 1. The molecule has 2 aromatic heterocycles.